The lowest BCUT2D eigenvalue weighted by atomic mass is 9.99. The average Bonchev–Trinajstić information content (AvgIpc) is 2.91. The fraction of sp³-hybridized carbons (Fsp3) is 0.529. The van der Waals surface area contributed by atoms with E-state index in [4.69, 9.17) is 0 Å². The molecule has 0 aliphatic carbocycles. The highest BCUT2D eigenvalue weighted by Gasteiger charge is 2.23. The molecule has 0 spiro atoms. The van der Waals surface area contributed by atoms with E-state index in [2.05, 4.69) is 15.2 Å². The molecular weight excluding hydrogens is 330 g/mol. The van der Waals surface area contributed by atoms with Crippen molar-refractivity contribution < 1.29 is 13.5 Å². The summed E-state index contributed by atoms with van der Waals surface area (Å²) in [5.41, 5.74) is 0.512. The van der Waals surface area contributed by atoms with Crippen molar-refractivity contribution in [1.29, 1.82) is 0 Å². The van der Waals surface area contributed by atoms with Crippen LogP contribution in [0.5, 0.6) is 5.75 Å². The highest BCUT2D eigenvalue weighted by Crippen LogP contribution is 2.21. The smallest absolute Gasteiger partial charge is 0.387 e. The monoisotopic (exact) mass is 352 g/mol. The summed E-state index contributed by atoms with van der Waals surface area (Å²) in [6.45, 7) is 1.63. The van der Waals surface area contributed by atoms with Crippen molar-refractivity contribution in [3.8, 4) is 5.75 Å². The minimum atomic E-state index is -2.87. The molecule has 1 aliphatic rings. The molecule has 0 amide bonds. The molecule has 0 bridgehead atoms. The van der Waals surface area contributed by atoms with Gasteiger partial charge in [0.05, 0.1) is 6.54 Å². The topological polar surface area (TPSA) is 61.1 Å². The summed E-state index contributed by atoms with van der Waals surface area (Å²) < 4.78 is 32.2. The third-order valence-corrected chi connectivity index (χ3v) is 4.39. The lowest BCUT2D eigenvalue weighted by molar-refractivity contribution is -0.0498. The van der Waals surface area contributed by atoms with Gasteiger partial charge >= 0.3 is 12.3 Å². The number of ether oxygens (including phenoxy) is 1. The summed E-state index contributed by atoms with van der Waals surface area (Å²) in [6, 6.07) is 6.35. The van der Waals surface area contributed by atoms with Gasteiger partial charge in [-0.3, -0.25) is 4.57 Å². The van der Waals surface area contributed by atoms with Crippen molar-refractivity contribution in [2.24, 2.45) is 0 Å². The molecular formula is C17H22F2N4O2. The number of alkyl halides is 2. The lowest BCUT2D eigenvalue weighted by Crippen LogP contribution is -2.31. The summed E-state index contributed by atoms with van der Waals surface area (Å²) in [4.78, 5) is 12.6. The van der Waals surface area contributed by atoms with Gasteiger partial charge in [0.15, 0.2) is 0 Å². The Morgan fingerprint density at radius 2 is 2.28 bits per heavy atom. The molecule has 1 aliphatic heterocycles. The van der Waals surface area contributed by atoms with Gasteiger partial charge < -0.3 is 10.1 Å². The van der Waals surface area contributed by atoms with Crippen LogP contribution in [0.2, 0.25) is 0 Å². The maximum absolute atomic E-state index is 12.6. The van der Waals surface area contributed by atoms with Crippen molar-refractivity contribution in [3.05, 3.63) is 46.1 Å². The van der Waals surface area contributed by atoms with E-state index < -0.39 is 6.61 Å². The Morgan fingerprint density at radius 1 is 1.44 bits per heavy atom. The zero-order chi connectivity index (χ0) is 17.8. The van der Waals surface area contributed by atoms with Gasteiger partial charge in [-0.2, -0.15) is 13.9 Å². The Labute approximate surface area is 144 Å². The molecule has 2 aromatic rings. The summed E-state index contributed by atoms with van der Waals surface area (Å²) in [7, 11) is 0. The molecule has 1 fully saturated rings. The average molecular weight is 352 g/mol. The summed E-state index contributed by atoms with van der Waals surface area (Å²) >= 11 is 0. The van der Waals surface area contributed by atoms with Gasteiger partial charge in [-0.25, -0.2) is 9.48 Å². The third kappa shape index (κ3) is 4.07. The van der Waals surface area contributed by atoms with Crippen LogP contribution in [0.1, 0.15) is 37.1 Å². The minimum absolute atomic E-state index is 0.0761. The number of rotatable bonds is 6. The Bertz CT molecular complexity index is 766. The Kier molecular flexibility index (Phi) is 5.47. The standard InChI is InChI=1S/C17H22F2N4O2/c1-2-22-15(13-6-4-8-20-10-13)21-23(17(22)24)11-12-5-3-7-14(9-12)25-16(18)19/h3,5,7,9,13,16,20H,2,4,6,8,10-11H2,1H3. The molecule has 1 aromatic carbocycles. The van der Waals surface area contributed by atoms with Crippen LogP contribution in [-0.4, -0.2) is 34.0 Å². The normalized spacial score (nSPS) is 17.8. The second kappa shape index (κ2) is 7.77. The van der Waals surface area contributed by atoms with E-state index in [0.29, 0.717) is 12.1 Å². The van der Waals surface area contributed by atoms with E-state index in [1.165, 1.54) is 16.8 Å². The molecule has 1 saturated heterocycles. The van der Waals surface area contributed by atoms with Crippen LogP contribution in [0.25, 0.3) is 0 Å². The largest absolute Gasteiger partial charge is 0.435 e. The van der Waals surface area contributed by atoms with E-state index in [0.717, 1.165) is 31.8 Å². The van der Waals surface area contributed by atoms with Crippen molar-refractivity contribution >= 4 is 0 Å². The molecule has 1 aromatic heterocycles. The second-order valence-electron chi connectivity index (χ2n) is 6.11. The lowest BCUT2D eigenvalue weighted by Gasteiger charge is -2.21. The van der Waals surface area contributed by atoms with Crippen molar-refractivity contribution in [1.82, 2.24) is 19.7 Å². The summed E-state index contributed by atoms with van der Waals surface area (Å²) in [5.74, 6) is 1.09. The molecule has 1 atom stereocenters. The minimum Gasteiger partial charge on any atom is -0.435 e. The Hall–Kier alpha value is -2.22. The fourth-order valence-corrected chi connectivity index (χ4v) is 3.23. The summed E-state index contributed by atoms with van der Waals surface area (Å²) in [6.07, 6.45) is 2.06. The van der Waals surface area contributed by atoms with E-state index >= 15 is 0 Å². The predicted molar refractivity (Wildman–Crippen MR) is 89.2 cm³/mol. The van der Waals surface area contributed by atoms with Gasteiger partial charge in [0.25, 0.3) is 0 Å². The first kappa shape index (κ1) is 17.6. The van der Waals surface area contributed by atoms with Crippen LogP contribution in [0, 0.1) is 0 Å². The molecule has 2 heterocycles. The number of nitrogens with one attached hydrogen (secondary N) is 1. The van der Waals surface area contributed by atoms with E-state index in [1.54, 1.807) is 16.7 Å². The quantitative estimate of drug-likeness (QED) is 0.866. The fourth-order valence-electron chi connectivity index (χ4n) is 3.23. The van der Waals surface area contributed by atoms with Crippen LogP contribution in [-0.2, 0) is 13.1 Å². The first-order valence-electron chi connectivity index (χ1n) is 8.50. The van der Waals surface area contributed by atoms with Gasteiger partial charge in [0.2, 0.25) is 0 Å². The zero-order valence-electron chi connectivity index (χ0n) is 14.1. The first-order valence-corrected chi connectivity index (χ1v) is 8.50. The molecule has 1 N–H and O–H groups in total. The van der Waals surface area contributed by atoms with E-state index in [-0.39, 0.29) is 23.9 Å². The van der Waals surface area contributed by atoms with Crippen LogP contribution in [0.4, 0.5) is 8.78 Å². The number of halogens is 2. The Balaban J connectivity index is 1.85. The zero-order valence-corrected chi connectivity index (χ0v) is 14.1. The van der Waals surface area contributed by atoms with E-state index in [9.17, 15) is 13.6 Å². The van der Waals surface area contributed by atoms with Crippen LogP contribution < -0.4 is 15.7 Å². The molecule has 0 radical (unpaired) electrons. The van der Waals surface area contributed by atoms with Crippen molar-refractivity contribution in [2.45, 2.75) is 45.4 Å². The van der Waals surface area contributed by atoms with Crippen LogP contribution in [0.15, 0.2) is 29.1 Å². The molecule has 6 nitrogen and oxygen atoms in total. The Morgan fingerprint density at radius 3 is 2.96 bits per heavy atom. The second-order valence-corrected chi connectivity index (χ2v) is 6.11. The summed E-state index contributed by atoms with van der Waals surface area (Å²) in [5, 5.41) is 7.86. The van der Waals surface area contributed by atoms with Gasteiger partial charge in [0, 0.05) is 19.0 Å². The number of nitrogens with zero attached hydrogens (tertiary/aromatic N) is 3. The molecule has 3 rings (SSSR count). The van der Waals surface area contributed by atoms with Gasteiger partial charge in [0.1, 0.15) is 11.6 Å². The van der Waals surface area contributed by atoms with E-state index in [1.807, 2.05) is 6.92 Å². The third-order valence-electron chi connectivity index (χ3n) is 4.39. The number of aromatic nitrogens is 3. The van der Waals surface area contributed by atoms with Crippen LogP contribution >= 0.6 is 0 Å². The first-order chi connectivity index (χ1) is 12.1. The molecule has 0 saturated carbocycles. The predicted octanol–water partition coefficient (Wildman–Crippen LogP) is 2.18. The van der Waals surface area contributed by atoms with Gasteiger partial charge in [-0.1, -0.05) is 12.1 Å². The maximum atomic E-state index is 12.6. The molecule has 25 heavy (non-hydrogen) atoms. The van der Waals surface area contributed by atoms with Crippen molar-refractivity contribution in [3.63, 3.8) is 0 Å². The number of piperidine rings is 1. The van der Waals surface area contributed by atoms with Crippen LogP contribution in [0.3, 0.4) is 0 Å². The van der Waals surface area contributed by atoms with Gasteiger partial charge in [-0.15, -0.1) is 0 Å². The molecule has 8 heteroatoms. The number of hydrogen-bond acceptors (Lipinski definition) is 4. The SMILES string of the molecule is CCn1c(C2CCCNC2)nn(Cc2cccc(OC(F)F)c2)c1=O. The number of hydrogen-bond donors (Lipinski definition) is 1. The number of benzene rings is 1. The highest BCUT2D eigenvalue weighted by molar-refractivity contribution is 5.28. The molecule has 136 valence electrons. The molecule has 1 unspecified atom stereocenters. The maximum Gasteiger partial charge on any atom is 0.387 e. The highest BCUT2D eigenvalue weighted by atomic mass is 19.3. The van der Waals surface area contributed by atoms with Crippen molar-refractivity contribution in [2.75, 3.05) is 13.1 Å². The van der Waals surface area contributed by atoms with Gasteiger partial charge in [-0.05, 0) is 44.0 Å².